The van der Waals surface area contributed by atoms with Crippen LogP contribution in [0.4, 0.5) is 16.3 Å². The van der Waals surface area contributed by atoms with Gasteiger partial charge >= 0.3 is 6.09 Å². The number of benzene rings is 1. The van der Waals surface area contributed by atoms with E-state index in [1.54, 1.807) is 30.3 Å². The molecule has 1 unspecified atom stereocenters. The molecule has 0 aliphatic carbocycles. The second-order valence-corrected chi connectivity index (χ2v) is 6.25. The fourth-order valence-corrected chi connectivity index (χ4v) is 3.07. The van der Waals surface area contributed by atoms with Gasteiger partial charge in [0.15, 0.2) is 11.5 Å². The molecule has 3 rings (SSSR count). The van der Waals surface area contributed by atoms with Crippen molar-refractivity contribution in [1.82, 2.24) is 14.6 Å². The molecule has 0 fully saturated rings. The maximum Gasteiger partial charge on any atom is 0.417 e. The summed E-state index contributed by atoms with van der Waals surface area (Å²) in [5.74, 6) is 0.716. The number of carbonyl (C=O) groups is 1. The number of ether oxygens (including phenoxy) is 1. The first-order chi connectivity index (χ1) is 13.5. The van der Waals surface area contributed by atoms with E-state index in [-0.39, 0.29) is 23.0 Å². The van der Waals surface area contributed by atoms with Crippen LogP contribution in [0, 0.1) is 0 Å². The van der Waals surface area contributed by atoms with Crippen LogP contribution in [0.2, 0.25) is 5.15 Å². The molecule has 0 aliphatic rings. The van der Waals surface area contributed by atoms with Gasteiger partial charge in [0.1, 0.15) is 10.9 Å². The largest absolute Gasteiger partial charge is 0.494 e. The molecular formula is C18H19ClN4O5. The Hall–Kier alpha value is -2.88. The van der Waals surface area contributed by atoms with E-state index in [0.717, 1.165) is 4.90 Å². The molecule has 3 N–H and O–H groups in total. The van der Waals surface area contributed by atoms with E-state index >= 15 is 0 Å². The maximum atomic E-state index is 12.2. The van der Waals surface area contributed by atoms with E-state index < -0.39 is 18.8 Å². The molecule has 0 aliphatic heterocycles. The summed E-state index contributed by atoms with van der Waals surface area (Å²) in [4.78, 5) is 17.4. The van der Waals surface area contributed by atoms with Crippen LogP contribution in [-0.2, 0) is 6.42 Å². The van der Waals surface area contributed by atoms with Gasteiger partial charge < -0.3 is 20.1 Å². The molecule has 2 aromatic heterocycles. The maximum absolute atomic E-state index is 12.2. The number of nitrogens with zero attached hydrogens (tertiary/aromatic N) is 4. The fourth-order valence-electron chi connectivity index (χ4n) is 2.82. The number of rotatable bonds is 7. The van der Waals surface area contributed by atoms with Crippen molar-refractivity contribution in [2.24, 2.45) is 0 Å². The third-order valence-corrected chi connectivity index (χ3v) is 4.33. The normalized spacial score (nSPS) is 12.1. The molecule has 148 valence electrons. The minimum atomic E-state index is -1.28. The first-order valence-corrected chi connectivity index (χ1v) is 8.91. The molecule has 10 heteroatoms. The van der Waals surface area contributed by atoms with Crippen LogP contribution in [0.25, 0.3) is 5.65 Å². The standard InChI is InChI=1S/C18H19ClN4O5/c1-2-28-13-5-3-11(4-6-13)22(18(26)27)17-14(9-12(25)10-24)16(19)21-15-7-8-20-23(15)17/h3-8,12,24-25H,2,9-10H2,1H3,(H,26,27). The van der Waals surface area contributed by atoms with Gasteiger partial charge in [-0.2, -0.15) is 9.61 Å². The number of amides is 1. The van der Waals surface area contributed by atoms with Gasteiger partial charge in [-0.05, 0) is 31.2 Å². The first-order valence-electron chi connectivity index (χ1n) is 8.53. The summed E-state index contributed by atoms with van der Waals surface area (Å²) in [5, 5.41) is 33.2. The van der Waals surface area contributed by atoms with E-state index in [0.29, 0.717) is 23.7 Å². The van der Waals surface area contributed by atoms with Gasteiger partial charge in [-0.15, -0.1) is 0 Å². The Kier molecular flexibility index (Phi) is 5.98. The van der Waals surface area contributed by atoms with Crippen molar-refractivity contribution >= 4 is 34.8 Å². The summed E-state index contributed by atoms with van der Waals surface area (Å²) < 4.78 is 6.73. The van der Waals surface area contributed by atoms with Gasteiger partial charge in [0.25, 0.3) is 0 Å². The molecule has 3 aromatic rings. The highest BCUT2D eigenvalue weighted by atomic mass is 35.5. The number of aliphatic hydroxyl groups excluding tert-OH is 2. The minimum absolute atomic E-state index is 0.0210. The quantitative estimate of drug-likeness (QED) is 0.515. The van der Waals surface area contributed by atoms with Crippen LogP contribution in [-0.4, -0.2) is 55.3 Å². The van der Waals surface area contributed by atoms with E-state index in [9.17, 15) is 20.1 Å². The molecule has 0 saturated heterocycles. The van der Waals surface area contributed by atoms with Crippen molar-refractivity contribution in [3.63, 3.8) is 0 Å². The number of fused-ring (bicyclic) bond motifs is 1. The van der Waals surface area contributed by atoms with E-state index in [4.69, 9.17) is 16.3 Å². The summed E-state index contributed by atoms with van der Waals surface area (Å²) in [5.41, 5.74) is 0.921. The highest BCUT2D eigenvalue weighted by Gasteiger charge is 2.27. The zero-order chi connectivity index (χ0) is 20.3. The third-order valence-electron chi connectivity index (χ3n) is 4.01. The Morgan fingerprint density at radius 1 is 1.32 bits per heavy atom. The van der Waals surface area contributed by atoms with Crippen LogP contribution in [0.1, 0.15) is 12.5 Å². The second kappa shape index (κ2) is 8.42. The monoisotopic (exact) mass is 406 g/mol. The zero-order valence-electron chi connectivity index (χ0n) is 15.0. The molecule has 2 heterocycles. The Morgan fingerprint density at radius 2 is 2.04 bits per heavy atom. The highest BCUT2D eigenvalue weighted by molar-refractivity contribution is 6.30. The van der Waals surface area contributed by atoms with Crippen molar-refractivity contribution in [2.75, 3.05) is 18.1 Å². The number of hydrogen-bond acceptors (Lipinski definition) is 6. The van der Waals surface area contributed by atoms with Crippen molar-refractivity contribution in [1.29, 1.82) is 0 Å². The Bertz CT molecular complexity index is 976. The van der Waals surface area contributed by atoms with Crippen LogP contribution in [0.3, 0.4) is 0 Å². The Morgan fingerprint density at radius 3 is 2.64 bits per heavy atom. The Balaban J connectivity index is 2.20. The van der Waals surface area contributed by atoms with Crippen molar-refractivity contribution < 1.29 is 24.9 Å². The lowest BCUT2D eigenvalue weighted by atomic mass is 10.1. The lowest BCUT2D eigenvalue weighted by molar-refractivity contribution is 0.0954. The lowest BCUT2D eigenvalue weighted by Gasteiger charge is -2.24. The number of carboxylic acid groups (broad SMARTS) is 1. The van der Waals surface area contributed by atoms with Crippen LogP contribution >= 0.6 is 11.6 Å². The van der Waals surface area contributed by atoms with Crippen LogP contribution in [0.15, 0.2) is 36.5 Å². The number of aliphatic hydroxyl groups is 2. The summed E-state index contributed by atoms with van der Waals surface area (Å²) in [7, 11) is 0. The van der Waals surface area contributed by atoms with Crippen LogP contribution in [0.5, 0.6) is 5.75 Å². The predicted molar refractivity (Wildman–Crippen MR) is 103 cm³/mol. The SMILES string of the molecule is CCOc1ccc(N(C(=O)O)c2c(CC(O)CO)c(Cl)nc3ccnn23)cc1. The summed E-state index contributed by atoms with van der Waals surface area (Å²) in [6.45, 7) is 1.83. The predicted octanol–water partition coefficient (Wildman–Crippen LogP) is 2.49. The lowest BCUT2D eigenvalue weighted by Crippen LogP contribution is -2.29. The molecule has 0 bridgehead atoms. The third kappa shape index (κ3) is 3.86. The average Bonchev–Trinajstić information content (AvgIpc) is 3.13. The molecular weight excluding hydrogens is 388 g/mol. The van der Waals surface area contributed by atoms with Crippen molar-refractivity contribution in [2.45, 2.75) is 19.4 Å². The summed E-state index contributed by atoms with van der Waals surface area (Å²) in [6.07, 6.45) is -1.05. The number of anilines is 2. The van der Waals surface area contributed by atoms with Crippen LogP contribution < -0.4 is 9.64 Å². The summed E-state index contributed by atoms with van der Waals surface area (Å²) in [6, 6.07) is 8.07. The smallest absolute Gasteiger partial charge is 0.417 e. The molecule has 0 spiro atoms. The van der Waals surface area contributed by atoms with E-state index in [1.165, 1.54) is 10.7 Å². The van der Waals surface area contributed by atoms with Crippen molar-refractivity contribution in [3.05, 3.63) is 47.2 Å². The summed E-state index contributed by atoms with van der Waals surface area (Å²) >= 11 is 6.28. The van der Waals surface area contributed by atoms with Gasteiger partial charge in [0, 0.05) is 18.1 Å². The molecule has 28 heavy (non-hydrogen) atoms. The van der Waals surface area contributed by atoms with Crippen molar-refractivity contribution in [3.8, 4) is 5.75 Å². The number of aromatic nitrogens is 3. The van der Waals surface area contributed by atoms with E-state index in [1.807, 2.05) is 6.92 Å². The van der Waals surface area contributed by atoms with Gasteiger partial charge in [-0.1, -0.05) is 11.6 Å². The molecule has 0 radical (unpaired) electrons. The zero-order valence-corrected chi connectivity index (χ0v) is 15.7. The molecule has 1 atom stereocenters. The fraction of sp³-hybridized carbons (Fsp3) is 0.278. The molecule has 1 amide bonds. The molecule has 0 saturated carbocycles. The first kappa shape index (κ1) is 19.9. The minimum Gasteiger partial charge on any atom is -0.494 e. The van der Waals surface area contributed by atoms with Gasteiger partial charge in [-0.25, -0.2) is 14.7 Å². The molecule has 9 nitrogen and oxygen atoms in total. The molecule has 1 aromatic carbocycles. The van der Waals surface area contributed by atoms with Gasteiger partial charge in [-0.3, -0.25) is 0 Å². The van der Waals surface area contributed by atoms with E-state index in [2.05, 4.69) is 10.1 Å². The van der Waals surface area contributed by atoms with Gasteiger partial charge in [0.05, 0.1) is 31.2 Å². The highest BCUT2D eigenvalue weighted by Crippen LogP contribution is 2.34. The average molecular weight is 407 g/mol. The second-order valence-electron chi connectivity index (χ2n) is 5.89. The Labute approximate surface area is 165 Å². The topological polar surface area (TPSA) is 120 Å². The number of hydrogen-bond donors (Lipinski definition) is 3. The number of halogens is 1. The van der Waals surface area contributed by atoms with Gasteiger partial charge in [0.2, 0.25) is 0 Å².